The largest absolute Gasteiger partial charge is 0.398 e. The number of rotatable bonds is 6. The standard InChI is InChI=1S/C15H22FN/c1-4-6-12(7-5-2)11(3)14-9-8-13(16)10-15(14)17/h8-10,12H,3-7,17H2,1-2H3. The van der Waals surface area contributed by atoms with Gasteiger partial charge in [0, 0.05) is 11.3 Å². The van der Waals surface area contributed by atoms with Crippen LogP contribution in [0.2, 0.25) is 0 Å². The summed E-state index contributed by atoms with van der Waals surface area (Å²) in [6, 6.07) is 4.56. The van der Waals surface area contributed by atoms with Gasteiger partial charge in [0.15, 0.2) is 0 Å². The Balaban J connectivity index is 2.92. The normalized spacial score (nSPS) is 10.8. The molecule has 0 unspecified atom stereocenters. The second-order valence-corrected chi connectivity index (χ2v) is 4.53. The Morgan fingerprint density at radius 2 is 1.88 bits per heavy atom. The topological polar surface area (TPSA) is 26.0 Å². The second-order valence-electron chi connectivity index (χ2n) is 4.53. The van der Waals surface area contributed by atoms with Crippen molar-refractivity contribution in [2.75, 3.05) is 5.73 Å². The van der Waals surface area contributed by atoms with Crippen molar-refractivity contribution >= 4 is 11.3 Å². The molecule has 0 bridgehead atoms. The van der Waals surface area contributed by atoms with Gasteiger partial charge in [-0.1, -0.05) is 33.3 Å². The van der Waals surface area contributed by atoms with Crippen LogP contribution in [0.1, 0.15) is 45.1 Å². The quantitative estimate of drug-likeness (QED) is 0.714. The molecule has 0 aromatic heterocycles. The van der Waals surface area contributed by atoms with E-state index in [1.54, 1.807) is 6.07 Å². The van der Waals surface area contributed by atoms with Gasteiger partial charge in [-0.25, -0.2) is 4.39 Å². The molecule has 1 nitrogen and oxygen atoms in total. The minimum atomic E-state index is -0.290. The van der Waals surface area contributed by atoms with Gasteiger partial charge in [-0.15, -0.1) is 0 Å². The molecule has 1 rings (SSSR count). The van der Waals surface area contributed by atoms with Crippen molar-refractivity contribution in [2.45, 2.75) is 39.5 Å². The molecule has 0 aliphatic rings. The molecule has 0 saturated carbocycles. The number of nitrogen functional groups attached to an aromatic ring is 1. The second kappa shape index (κ2) is 6.43. The van der Waals surface area contributed by atoms with Gasteiger partial charge >= 0.3 is 0 Å². The molecular weight excluding hydrogens is 213 g/mol. The molecule has 0 saturated heterocycles. The van der Waals surface area contributed by atoms with E-state index in [1.165, 1.54) is 12.1 Å². The summed E-state index contributed by atoms with van der Waals surface area (Å²) in [6.45, 7) is 8.49. The van der Waals surface area contributed by atoms with Crippen molar-refractivity contribution in [2.24, 2.45) is 5.92 Å². The third kappa shape index (κ3) is 3.58. The van der Waals surface area contributed by atoms with Crippen LogP contribution in [0.25, 0.3) is 5.57 Å². The van der Waals surface area contributed by atoms with Gasteiger partial charge in [0.1, 0.15) is 5.82 Å². The van der Waals surface area contributed by atoms with Gasteiger partial charge < -0.3 is 5.73 Å². The van der Waals surface area contributed by atoms with E-state index in [9.17, 15) is 4.39 Å². The van der Waals surface area contributed by atoms with Crippen molar-refractivity contribution in [3.63, 3.8) is 0 Å². The fraction of sp³-hybridized carbons (Fsp3) is 0.467. The van der Waals surface area contributed by atoms with Crippen molar-refractivity contribution in [1.82, 2.24) is 0 Å². The van der Waals surface area contributed by atoms with Crippen LogP contribution in [-0.2, 0) is 0 Å². The third-order valence-electron chi connectivity index (χ3n) is 3.13. The monoisotopic (exact) mass is 235 g/mol. The molecule has 0 heterocycles. The maximum atomic E-state index is 13.0. The Morgan fingerprint density at radius 1 is 1.29 bits per heavy atom. The first-order valence-corrected chi connectivity index (χ1v) is 6.34. The van der Waals surface area contributed by atoms with Crippen LogP contribution in [0, 0.1) is 11.7 Å². The number of anilines is 1. The molecule has 0 aliphatic carbocycles. The smallest absolute Gasteiger partial charge is 0.125 e. The Bertz CT molecular complexity index is 379. The highest BCUT2D eigenvalue weighted by molar-refractivity contribution is 5.74. The van der Waals surface area contributed by atoms with Gasteiger partial charge in [0.05, 0.1) is 0 Å². The zero-order chi connectivity index (χ0) is 12.8. The van der Waals surface area contributed by atoms with E-state index >= 15 is 0 Å². The minimum absolute atomic E-state index is 0.290. The number of nitrogens with two attached hydrogens (primary N) is 1. The predicted molar refractivity (Wildman–Crippen MR) is 73.2 cm³/mol. The Kier molecular flexibility index (Phi) is 5.20. The first kappa shape index (κ1) is 13.8. The number of hydrogen-bond acceptors (Lipinski definition) is 1. The molecule has 0 amide bonds. The summed E-state index contributed by atoms with van der Waals surface area (Å²) in [6.07, 6.45) is 4.49. The summed E-state index contributed by atoms with van der Waals surface area (Å²) in [5, 5.41) is 0. The predicted octanol–water partition coefficient (Wildman–Crippen LogP) is 4.64. The molecule has 2 heteroatoms. The summed E-state index contributed by atoms with van der Waals surface area (Å²) in [7, 11) is 0. The molecular formula is C15H22FN. The summed E-state index contributed by atoms with van der Waals surface area (Å²) < 4.78 is 13.0. The molecule has 2 N–H and O–H groups in total. The lowest BCUT2D eigenvalue weighted by molar-refractivity contribution is 0.544. The van der Waals surface area contributed by atoms with Gasteiger partial charge in [-0.2, -0.15) is 0 Å². The van der Waals surface area contributed by atoms with E-state index in [4.69, 9.17) is 5.73 Å². The first-order chi connectivity index (χ1) is 8.10. The molecule has 94 valence electrons. The van der Waals surface area contributed by atoms with Gasteiger partial charge in [-0.05, 0) is 42.5 Å². The van der Waals surface area contributed by atoms with Crippen LogP contribution >= 0.6 is 0 Å². The van der Waals surface area contributed by atoms with Crippen LogP contribution in [0.15, 0.2) is 24.8 Å². The average Bonchev–Trinajstić information content (AvgIpc) is 2.28. The van der Waals surface area contributed by atoms with E-state index in [0.717, 1.165) is 36.8 Å². The molecule has 0 atom stereocenters. The summed E-state index contributed by atoms with van der Waals surface area (Å²) >= 11 is 0. The summed E-state index contributed by atoms with van der Waals surface area (Å²) in [5.41, 5.74) is 8.29. The van der Waals surface area contributed by atoms with E-state index in [2.05, 4.69) is 20.4 Å². The van der Waals surface area contributed by atoms with Crippen molar-refractivity contribution in [3.8, 4) is 0 Å². The number of allylic oxidation sites excluding steroid dienone is 1. The molecule has 1 aromatic rings. The van der Waals surface area contributed by atoms with E-state index in [0.29, 0.717) is 11.6 Å². The fourth-order valence-corrected chi connectivity index (χ4v) is 2.24. The number of benzene rings is 1. The van der Waals surface area contributed by atoms with Crippen molar-refractivity contribution in [1.29, 1.82) is 0 Å². The van der Waals surface area contributed by atoms with Gasteiger partial charge in [0.2, 0.25) is 0 Å². The number of hydrogen-bond donors (Lipinski definition) is 1. The van der Waals surface area contributed by atoms with E-state index in [-0.39, 0.29) is 5.82 Å². The Labute approximate surface area is 104 Å². The Hall–Kier alpha value is -1.31. The highest BCUT2D eigenvalue weighted by Crippen LogP contribution is 2.32. The van der Waals surface area contributed by atoms with Gasteiger partial charge in [0.25, 0.3) is 0 Å². The van der Waals surface area contributed by atoms with Crippen LogP contribution in [0.5, 0.6) is 0 Å². The minimum Gasteiger partial charge on any atom is -0.398 e. The first-order valence-electron chi connectivity index (χ1n) is 6.34. The van der Waals surface area contributed by atoms with Crippen LogP contribution in [0.3, 0.4) is 0 Å². The maximum absolute atomic E-state index is 13.0. The summed E-state index contributed by atoms with van der Waals surface area (Å²) in [5.74, 6) is 0.166. The molecule has 0 aliphatic heterocycles. The van der Waals surface area contributed by atoms with E-state index in [1.807, 2.05) is 0 Å². The highest BCUT2D eigenvalue weighted by Gasteiger charge is 2.14. The highest BCUT2D eigenvalue weighted by atomic mass is 19.1. The van der Waals surface area contributed by atoms with E-state index < -0.39 is 0 Å². The van der Waals surface area contributed by atoms with Crippen molar-refractivity contribution in [3.05, 3.63) is 36.2 Å². The van der Waals surface area contributed by atoms with Crippen LogP contribution in [0.4, 0.5) is 10.1 Å². The molecule has 0 radical (unpaired) electrons. The molecule has 17 heavy (non-hydrogen) atoms. The maximum Gasteiger partial charge on any atom is 0.125 e. The Morgan fingerprint density at radius 3 is 2.35 bits per heavy atom. The van der Waals surface area contributed by atoms with Crippen molar-refractivity contribution < 1.29 is 4.39 Å². The molecule has 0 fully saturated rings. The third-order valence-corrected chi connectivity index (χ3v) is 3.13. The average molecular weight is 235 g/mol. The van der Waals surface area contributed by atoms with Gasteiger partial charge in [-0.3, -0.25) is 0 Å². The summed E-state index contributed by atoms with van der Waals surface area (Å²) in [4.78, 5) is 0. The molecule has 0 spiro atoms. The fourth-order valence-electron chi connectivity index (χ4n) is 2.24. The zero-order valence-electron chi connectivity index (χ0n) is 10.8. The lowest BCUT2D eigenvalue weighted by Crippen LogP contribution is -2.05. The lowest BCUT2D eigenvalue weighted by Gasteiger charge is -2.20. The zero-order valence-corrected chi connectivity index (χ0v) is 10.8. The molecule has 1 aromatic carbocycles. The van der Waals surface area contributed by atoms with Crippen LogP contribution in [-0.4, -0.2) is 0 Å². The van der Waals surface area contributed by atoms with Crippen LogP contribution < -0.4 is 5.73 Å². The number of halogens is 1. The SMILES string of the molecule is C=C(c1ccc(F)cc1N)C(CCC)CCC. The lowest BCUT2D eigenvalue weighted by atomic mass is 9.86.